The van der Waals surface area contributed by atoms with E-state index >= 15 is 0 Å². The maximum Gasteiger partial charge on any atom is 0.272 e. The van der Waals surface area contributed by atoms with Crippen LogP contribution in [0.5, 0.6) is 0 Å². The van der Waals surface area contributed by atoms with Gasteiger partial charge in [-0.3, -0.25) is 25.4 Å². The molecule has 1 heterocycles. The van der Waals surface area contributed by atoms with Gasteiger partial charge in [0.05, 0.1) is 4.92 Å². The molecule has 1 aromatic heterocycles. The lowest BCUT2D eigenvalue weighted by Crippen LogP contribution is -2.20. The molecule has 0 unspecified atom stereocenters. The van der Waals surface area contributed by atoms with Crippen molar-refractivity contribution in [3.05, 3.63) is 70.0 Å². The Balaban J connectivity index is 2.13. The second-order valence-electron chi connectivity index (χ2n) is 4.34. The largest absolute Gasteiger partial charge is 0.277 e. The number of hydrogen-bond donors (Lipinski definition) is 1. The number of aromatic nitrogens is 1. The molecular formula is C15H13N5O2. The second kappa shape index (κ2) is 7.50. The van der Waals surface area contributed by atoms with E-state index in [0.717, 1.165) is 0 Å². The van der Waals surface area contributed by atoms with Crippen LogP contribution in [0.25, 0.3) is 0 Å². The fourth-order valence-corrected chi connectivity index (χ4v) is 1.95. The highest BCUT2D eigenvalue weighted by atomic mass is 16.6. The van der Waals surface area contributed by atoms with Gasteiger partial charge in [-0.25, -0.2) is 0 Å². The Kier molecular flexibility index (Phi) is 5.15. The van der Waals surface area contributed by atoms with Gasteiger partial charge in [0.25, 0.3) is 5.69 Å². The van der Waals surface area contributed by atoms with Gasteiger partial charge >= 0.3 is 0 Å². The molecular weight excluding hydrogens is 282 g/mol. The summed E-state index contributed by atoms with van der Waals surface area (Å²) in [4.78, 5) is 18.8. The first kappa shape index (κ1) is 15.1. The number of aliphatic imine (C=N–C) groups is 1. The van der Waals surface area contributed by atoms with E-state index in [0.29, 0.717) is 29.9 Å². The summed E-state index contributed by atoms with van der Waals surface area (Å²) < 4.78 is 0. The normalized spacial score (nSPS) is 10.8. The van der Waals surface area contributed by atoms with E-state index in [9.17, 15) is 10.1 Å². The summed E-state index contributed by atoms with van der Waals surface area (Å²) in [6.07, 6.45) is 5.46. The average Bonchev–Trinajstić information content (AvgIpc) is 2.55. The van der Waals surface area contributed by atoms with E-state index in [-0.39, 0.29) is 5.69 Å². The fraction of sp³-hybridized carbons (Fsp3) is 0.133. The van der Waals surface area contributed by atoms with Gasteiger partial charge in [0.1, 0.15) is 5.84 Å². The maximum absolute atomic E-state index is 10.9. The SMILES string of the molecule is N#CNC(=NCCc1ccccc1[N+](=O)[O-])c1cccnc1. The molecule has 110 valence electrons. The van der Waals surface area contributed by atoms with Crippen molar-refractivity contribution in [2.45, 2.75) is 6.42 Å². The molecule has 22 heavy (non-hydrogen) atoms. The first-order valence-electron chi connectivity index (χ1n) is 6.54. The number of nitrogens with one attached hydrogen (secondary N) is 1. The van der Waals surface area contributed by atoms with Crippen LogP contribution in [0.15, 0.2) is 53.8 Å². The summed E-state index contributed by atoms with van der Waals surface area (Å²) in [5.74, 6) is 0.397. The topological polar surface area (TPSA) is 104 Å². The van der Waals surface area contributed by atoms with Crippen LogP contribution in [0.2, 0.25) is 0 Å². The quantitative estimate of drug-likeness (QED) is 0.227. The number of benzene rings is 1. The summed E-state index contributed by atoms with van der Waals surface area (Å²) in [5, 5.41) is 22.2. The van der Waals surface area contributed by atoms with E-state index in [1.54, 1.807) is 42.7 Å². The van der Waals surface area contributed by atoms with Crippen molar-refractivity contribution in [2.24, 2.45) is 4.99 Å². The van der Waals surface area contributed by atoms with Gasteiger partial charge in [-0.05, 0) is 18.6 Å². The molecule has 1 N–H and O–H groups in total. The van der Waals surface area contributed by atoms with Gasteiger partial charge in [0.15, 0.2) is 6.19 Å². The van der Waals surface area contributed by atoms with Crippen molar-refractivity contribution in [2.75, 3.05) is 6.54 Å². The number of nitrogens with zero attached hydrogens (tertiary/aromatic N) is 4. The van der Waals surface area contributed by atoms with E-state index in [1.807, 2.05) is 6.19 Å². The Labute approximate surface area is 127 Å². The van der Waals surface area contributed by atoms with Crippen LogP contribution < -0.4 is 5.32 Å². The van der Waals surface area contributed by atoms with E-state index in [4.69, 9.17) is 5.26 Å². The lowest BCUT2D eigenvalue weighted by molar-refractivity contribution is -0.385. The van der Waals surface area contributed by atoms with E-state index in [1.165, 1.54) is 6.07 Å². The Hall–Kier alpha value is -3.27. The summed E-state index contributed by atoms with van der Waals surface area (Å²) in [6, 6.07) is 10.1. The summed E-state index contributed by atoms with van der Waals surface area (Å²) in [7, 11) is 0. The molecule has 2 rings (SSSR count). The molecule has 0 aliphatic rings. The van der Waals surface area contributed by atoms with Crippen molar-refractivity contribution >= 4 is 11.5 Å². The molecule has 0 radical (unpaired) electrons. The molecule has 0 spiro atoms. The highest BCUT2D eigenvalue weighted by molar-refractivity contribution is 5.99. The number of pyridine rings is 1. The number of rotatable bonds is 5. The number of amidine groups is 1. The minimum atomic E-state index is -0.408. The third kappa shape index (κ3) is 3.86. The molecule has 0 fully saturated rings. The zero-order chi connectivity index (χ0) is 15.8. The molecule has 0 atom stereocenters. The minimum Gasteiger partial charge on any atom is -0.277 e. The van der Waals surface area contributed by atoms with Crippen LogP contribution >= 0.6 is 0 Å². The van der Waals surface area contributed by atoms with Crippen molar-refractivity contribution in [1.29, 1.82) is 5.26 Å². The monoisotopic (exact) mass is 295 g/mol. The van der Waals surface area contributed by atoms with Gasteiger partial charge < -0.3 is 0 Å². The first-order valence-corrected chi connectivity index (χ1v) is 6.54. The maximum atomic E-state index is 10.9. The summed E-state index contributed by atoms with van der Waals surface area (Å²) in [5.41, 5.74) is 1.37. The van der Waals surface area contributed by atoms with Gasteiger partial charge in [-0.15, -0.1) is 0 Å². The number of nitriles is 1. The summed E-state index contributed by atoms with van der Waals surface area (Å²) >= 11 is 0. The van der Waals surface area contributed by atoms with Crippen molar-refractivity contribution in [3.63, 3.8) is 0 Å². The Bertz CT molecular complexity index is 722. The van der Waals surface area contributed by atoms with Crippen LogP contribution in [-0.4, -0.2) is 22.3 Å². The average molecular weight is 295 g/mol. The van der Waals surface area contributed by atoms with Gasteiger partial charge in [0.2, 0.25) is 0 Å². The van der Waals surface area contributed by atoms with E-state index in [2.05, 4.69) is 15.3 Å². The Morgan fingerprint density at radius 1 is 1.36 bits per heavy atom. The summed E-state index contributed by atoms with van der Waals surface area (Å²) in [6.45, 7) is 0.323. The van der Waals surface area contributed by atoms with E-state index < -0.39 is 4.92 Å². The van der Waals surface area contributed by atoms with Crippen molar-refractivity contribution < 1.29 is 4.92 Å². The standard InChI is InChI=1S/C15H13N5O2/c16-11-19-15(13-5-3-8-17-10-13)18-9-7-12-4-1-2-6-14(12)20(21)22/h1-6,8,10H,7,9H2,(H,18,19). The zero-order valence-electron chi connectivity index (χ0n) is 11.6. The predicted octanol–water partition coefficient (Wildman–Crippen LogP) is 2.05. The molecule has 0 saturated carbocycles. The lowest BCUT2D eigenvalue weighted by atomic mass is 10.1. The second-order valence-corrected chi connectivity index (χ2v) is 4.34. The molecule has 0 aliphatic heterocycles. The van der Waals surface area contributed by atoms with Crippen LogP contribution in [0, 0.1) is 21.6 Å². The predicted molar refractivity (Wildman–Crippen MR) is 81.2 cm³/mol. The minimum absolute atomic E-state index is 0.0777. The smallest absolute Gasteiger partial charge is 0.272 e. The van der Waals surface area contributed by atoms with Gasteiger partial charge in [0, 0.05) is 36.1 Å². The number of nitro benzene ring substituents is 1. The van der Waals surface area contributed by atoms with Crippen molar-refractivity contribution in [1.82, 2.24) is 10.3 Å². The molecule has 7 nitrogen and oxygen atoms in total. The molecule has 1 aromatic carbocycles. The van der Waals surface area contributed by atoms with Crippen LogP contribution in [0.3, 0.4) is 0 Å². The van der Waals surface area contributed by atoms with Crippen LogP contribution in [0.1, 0.15) is 11.1 Å². The molecule has 0 amide bonds. The first-order chi connectivity index (χ1) is 10.7. The zero-order valence-corrected chi connectivity index (χ0v) is 11.6. The number of hydrogen-bond acceptors (Lipinski definition) is 5. The van der Waals surface area contributed by atoms with Crippen LogP contribution in [-0.2, 0) is 6.42 Å². The molecule has 2 aromatic rings. The van der Waals surface area contributed by atoms with Crippen molar-refractivity contribution in [3.8, 4) is 6.19 Å². The highest BCUT2D eigenvalue weighted by Crippen LogP contribution is 2.18. The molecule has 0 saturated heterocycles. The number of para-hydroxylation sites is 1. The van der Waals surface area contributed by atoms with Gasteiger partial charge in [-0.1, -0.05) is 18.2 Å². The highest BCUT2D eigenvalue weighted by Gasteiger charge is 2.11. The van der Waals surface area contributed by atoms with Crippen LogP contribution in [0.4, 0.5) is 5.69 Å². The fourth-order valence-electron chi connectivity index (χ4n) is 1.95. The molecule has 0 aliphatic carbocycles. The van der Waals surface area contributed by atoms with Gasteiger partial charge in [-0.2, -0.15) is 5.26 Å². The molecule has 0 bridgehead atoms. The Morgan fingerprint density at radius 2 is 2.18 bits per heavy atom. The number of nitro groups is 1. The third-order valence-corrected chi connectivity index (χ3v) is 2.95. The third-order valence-electron chi connectivity index (χ3n) is 2.95. The molecule has 7 heteroatoms. The Morgan fingerprint density at radius 3 is 2.86 bits per heavy atom. The lowest BCUT2D eigenvalue weighted by Gasteiger charge is -2.04.